The van der Waals surface area contributed by atoms with Gasteiger partial charge in [-0.05, 0) is 18.4 Å². The standard InChI is InChI=1S/C20H27N5O/c1-21-19(22-16-20(8-9-20)17-5-3-2-4-6-17)25-12-10-24(11-13-25)15-18-7-14-26-23-18/h2-7,14H,8-13,15-16H2,1H3,(H,21,22). The quantitative estimate of drug-likeness (QED) is 0.659. The van der Waals surface area contributed by atoms with Crippen LogP contribution >= 0.6 is 0 Å². The molecule has 0 spiro atoms. The maximum absolute atomic E-state index is 4.92. The molecule has 2 aliphatic rings. The summed E-state index contributed by atoms with van der Waals surface area (Å²) in [5, 5.41) is 7.64. The molecule has 1 aromatic heterocycles. The topological polar surface area (TPSA) is 56.9 Å². The minimum atomic E-state index is 0.298. The van der Waals surface area contributed by atoms with Crippen LogP contribution in [-0.4, -0.2) is 60.7 Å². The van der Waals surface area contributed by atoms with Gasteiger partial charge in [-0.1, -0.05) is 35.5 Å². The largest absolute Gasteiger partial charge is 0.364 e. The number of guanidine groups is 1. The SMILES string of the molecule is CN=C(NCC1(c2ccccc2)CC1)N1CCN(Cc2ccon2)CC1. The fourth-order valence-corrected chi connectivity index (χ4v) is 3.76. The summed E-state index contributed by atoms with van der Waals surface area (Å²) in [6, 6.07) is 12.8. The van der Waals surface area contributed by atoms with E-state index in [2.05, 4.69) is 55.6 Å². The summed E-state index contributed by atoms with van der Waals surface area (Å²) in [5.74, 6) is 1.02. The molecule has 0 radical (unpaired) electrons. The fraction of sp³-hybridized carbons (Fsp3) is 0.500. The summed E-state index contributed by atoms with van der Waals surface area (Å²) in [5.41, 5.74) is 2.74. The summed E-state index contributed by atoms with van der Waals surface area (Å²) in [6.07, 6.45) is 4.15. The molecule has 2 heterocycles. The van der Waals surface area contributed by atoms with E-state index in [9.17, 15) is 0 Å². The summed E-state index contributed by atoms with van der Waals surface area (Å²) in [4.78, 5) is 9.29. The number of aliphatic imine (C=N–C) groups is 1. The Morgan fingerprint density at radius 1 is 1.15 bits per heavy atom. The highest BCUT2D eigenvalue weighted by molar-refractivity contribution is 5.80. The molecule has 2 fully saturated rings. The van der Waals surface area contributed by atoms with E-state index in [0.29, 0.717) is 5.41 Å². The molecule has 0 amide bonds. The predicted octanol–water partition coefficient (Wildman–Crippen LogP) is 2.10. The monoisotopic (exact) mass is 353 g/mol. The Morgan fingerprint density at radius 3 is 2.54 bits per heavy atom. The number of benzene rings is 1. The third-order valence-electron chi connectivity index (χ3n) is 5.59. The predicted molar refractivity (Wildman–Crippen MR) is 102 cm³/mol. The molecule has 1 aliphatic carbocycles. The zero-order valence-corrected chi connectivity index (χ0v) is 15.4. The summed E-state index contributed by atoms with van der Waals surface area (Å²) in [7, 11) is 1.88. The van der Waals surface area contributed by atoms with Crippen molar-refractivity contribution in [2.24, 2.45) is 4.99 Å². The van der Waals surface area contributed by atoms with Crippen LogP contribution in [0.5, 0.6) is 0 Å². The Balaban J connectivity index is 1.29. The van der Waals surface area contributed by atoms with Gasteiger partial charge in [0.05, 0.1) is 5.69 Å². The lowest BCUT2D eigenvalue weighted by Crippen LogP contribution is -2.53. The molecule has 26 heavy (non-hydrogen) atoms. The molecule has 1 aliphatic heterocycles. The molecule has 0 atom stereocenters. The molecule has 4 rings (SSSR count). The number of nitrogens with zero attached hydrogens (tertiary/aromatic N) is 4. The summed E-state index contributed by atoms with van der Waals surface area (Å²) >= 11 is 0. The van der Waals surface area contributed by atoms with Crippen molar-refractivity contribution in [1.82, 2.24) is 20.3 Å². The molecule has 0 bridgehead atoms. The van der Waals surface area contributed by atoms with E-state index in [0.717, 1.165) is 50.9 Å². The average Bonchev–Trinajstić information content (AvgIpc) is 3.32. The first-order valence-corrected chi connectivity index (χ1v) is 9.42. The van der Waals surface area contributed by atoms with Gasteiger partial charge < -0.3 is 14.7 Å². The second-order valence-electron chi connectivity index (χ2n) is 7.30. The number of hydrogen-bond acceptors (Lipinski definition) is 4. The fourth-order valence-electron chi connectivity index (χ4n) is 3.76. The molecular formula is C20H27N5O. The van der Waals surface area contributed by atoms with Crippen molar-refractivity contribution in [1.29, 1.82) is 0 Å². The Bertz CT molecular complexity index is 716. The first-order valence-electron chi connectivity index (χ1n) is 9.42. The highest BCUT2D eigenvalue weighted by Gasteiger charge is 2.44. The van der Waals surface area contributed by atoms with Crippen LogP contribution < -0.4 is 5.32 Å². The molecule has 1 aromatic carbocycles. The van der Waals surface area contributed by atoms with E-state index in [1.807, 2.05) is 13.1 Å². The molecule has 6 nitrogen and oxygen atoms in total. The maximum atomic E-state index is 4.92. The molecule has 6 heteroatoms. The Morgan fingerprint density at radius 2 is 1.92 bits per heavy atom. The number of piperazine rings is 1. The van der Waals surface area contributed by atoms with Crippen molar-refractivity contribution < 1.29 is 4.52 Å². The van der Waals surface area contributed by atoms with E-state index >= 15 is 0 Å². The second kappa shape index (κ2) is 7.50. The Labute approximate surface area is 154 Å². The normalized spacial score (nSPS) is 20.2. The zero-order valence-electron chi connectivity index (χ0n) is 15.4. The first-order chi connectivity index (χ1) is 12.8. The van der Waals surface area contributed by atoms with Gasteiger partial charge >= 0.3 is 0 Å². The third-order valence-corrected chi connectivity index (χ3v) is 5.59. The van der Waals surface area contributed by atoms with E-state index < -0.39 is 0 Å². The minimum Gasteiger partial charge on any atom is -0.364 e. The lowest BCUT2D eigenvalue weighted by molar-refractivity contribution is 0.169. The summed E-state index contributed by atoms with van der Waals surface area (Å²) < 4.78 is 4.92. The third kappa shape index (κ3) is 3.75. The lowest BCUT2D eigenvalue weighted by Gasteiger charge is -2.36. The van der Waals surface area contributed by atoms with Crippen molar-refractivity contribution in [3.8, 4) is 0 Å². The Kier molecular flexibility index (Phi) is 4.93. The first kappa shape index (κ1) is 17.1. The van der Waals surface area contributed by atoms with Crippen molar-refractivity contribution in [3.05, 3.63) is 53.9 Å². The number of hydrogen-bond donors (Lipinski definition) is 1. The van der Waals surface area contributed by atoms with Gasteiger partial charge in [0.2, 0.25) is 0 Å². The van der Waals surface area contributed by atoms with Gasteiger partial charge in [0, 0.05) is 57.8 Å². The smallest absolute Gasteiger partial charge is 0.193 e. The van der Waals surface area contributed by atoms with Crippen molar-refractivity contribution >= 4 is 5.96 Å². The van der Waals surface area contributed by atoms with Crippen LogP contribution in [0.15, 0.2) is 52.2 Å². The van der Waals surface area contributed by atoms with E-state index in [4.69, 9.17) is 4.52 Å². The van der Waals surface area contributed by atoms with Gasteiger partial charge in [0.1, 0.15) is 6.26 Å². The van der Waals surface area contributed by atoms with Crippen molar-refractivity contribution in [2.45, 2.75) is 24.8 Å². The Hall–Kier alpha value is -2.34. The van der Waals surface area contributed by atoms with Crippen LogP contribution in [0.2, 0.25) is 0 Å². The van der Waals surface area contributed by atoms with Crippen molar-refractivity contribution in [3.63, 3.8) is 0 Å². The van der Waals surface area contributed by atoms with Gasteiger partial charge in [0.25, 0.3) is 0 Å². The van der Waals surface area contributed by atoms with Gasteiger partial charge in [-0.3, -0.25) is 9.89 Å². The highest BCUT2D eigenvalue weighted by Crippen LogP contribution is 2.47. The van der Waals surface area contributed by atoms with Crippen LogP contribution in [0.3, 0.4) is 0 Å². The van der Waals surface area contributed by atoms with Gasteiger partial charge in [-0.25, -0.2) is 0 Å². The van der Waals surface area contributed by atoms with Crippen LogP contribution in [0.1, 0.15) is 24.1 Å². The molecule has 1 saturated carbocycles. The minimum absolute atomic E-state index is 0.298. The number of rotatable bonds is 5. The number of aromatic nitrogens is 1. The van der Waals surface area contributed by atoms with Gasteiger partial charge in [-0.2, -0.15) is 0 Å². The highest BCUT2D eigenvalue weighted by atomic mass is 16.5. The molecule has 138 valence electrons. The van der Waals surface area contributed by atoms with Gasteiger partial charge in [0.15, 0.2) is 5.96 Å². The second-order valence-corrected chi connectivity index (χ2v) is 7.30. The van der Waals surface area contributed by atoms with Crippen LogP contribution in [0.4, 0.5) is 0 Å². The van der Waals surface area contributed by atoms with Crippen LogP contribution in [-0.2, 0) is 12.0 Å². The van der Waals surface area contributed by atoms with Crippen molar-refractivity contribution in [2.75, 3.05) is 39.8 Å². The molecular weight excluding hydrogens is 326 g/mol. The van der Waals surface area contributed by atoms with Crippen LogP contribution in [0, 0.1) is 0 Å². The average molecular weight is 353 g/mol. The lowest BCUT2D eigenvalue weighted by atomic mass is 9.96. The number of nitrogens with one attached hydrogen (secondary N) is 1. The molecule has 2 aromatic rings. The molecule has 0 unspecified atom stereocenters. The summed E-state index contributed by atoms with van der Waals surface area (Å²) in [6.45, 7) is 5.80. The molecule has 1 N–H and O–H groups in total. The van der Waals surface area contributed by atoms with Gasteiger partial charge in [-0.15, -0.1) is 0 Å². The molecule has 1 saturated heterocycles. The van der Waals surface area contributed by atoms with E-state index in [-0.39, 0.29) is 0 Å². The van der Waals surface area contributed by atoms with E-state index in [1.54, 1.807) is 6.26 Å². The van der Waals surface area contributed by atoms with E-state index in [1.165, 1.54) is 18.4 Å². The van der Waals surface area contributed by atoms with Crippen LogP contribution in [0.25, 0.3) is 0 Å². The maximum Gasteiger partial charge on any atom is 0.193 e. The zero-order chi connectivity index (χ0) is 17.8.